The van der Waals surface area contributed by atoms with Gasteiger partial charge in [0.2, 0.25) is 5.89 Å². The van der Waals surface area contributed by atoms with Gasteiger partial charge in [0, 0.05) is 13.7 Å². The van der Waals surface area contributed by atoms with Crippen molar-refractivity contribution in [3.8, 4) is 11.3 Å². The first kappa shape index (κ1) is 10.9. The monoisotopic (exact) mass is 222 g/mol. The molecule has 0 fully saturated rings. The van der Waals surface area contributed by atoms with Crippen molar-refractivity contribution in [1.82, 2.24) is 10.3 Å². The molecular weight excluding hydrogens is 208 g/mol. The Bertz CT molecular complexity index is 409. The number of nitrogens with zero attached hydrogens (tertiary/aromatic N) is 1. The molecule has 2 rings (SSSR count). The molecule has 0 atom stereocenters. The van der Waals surface area contributed by atoms with E-state index in [1.54, 1.807) is 25.8 Å². The largest absolute Gasteiger partial charge is 0.472 e. The number of oxazole rings is 1. The number of hydrogen-bond acceptors (Lipinski definition) is 5. The van der Waals surface area contributed by atoms with Gasteiger partial charge in [-0.2, -0.15) is 0 Å². The number of ether oxygens (including phenoxy) is 1. The van der Waals surface area contributed by atoms with Gasteiger partial charge in [-0.05, 0) is 6.07 Å². The molecule has 5 nitrogen and oxygen atoms in total. The molecule has 0 aliphatic heterocycles. The Hall–Kier alpha value is -1.59. The molecule has 0 saturated carbocycles. The van der Waals surface area contributed by atoms with Crippen molar-refractivity contribution in [3.63, 3.8) is 0 Å². The van der Waals surface area contributed by atoms with E-state index in [-0.39, 0.29) is 0 Å². The molecule has 0 bridgehead atoms. The van der Waals surface area contributed by atoms with E-state index >= 15 is 0 Å². The second kappa shape index (κ2) is 5.48. The first-order valence-electron chi connectivity index (χ1n) is 5.07. The third-order valence-corrected chi connectivity index (χ3v) is 2.12. The van der Waals surface area contributed by atoms with Gasteiger partial charge in [0.25, 0.3) is 0 Å². The van der Waals surface area contributed by atoms with E-state index in [0.717, 1.165) is 17.9 Å². The summed E-state index contributed by atoms with van der Waals surface area (Å²) < 4.78 is 15.4. The highest BCUT2D eigenvalue weighted by molar-refractivity contribution is 5.53. The van der Waals surface area contributed by atoms with Crippen LogP contribution in [0.5, 0.6) is 0 Å². The molecule has 5 heteroatoms. The molecule has 0 spiro atoms. The first-order chi connectivity index (χ1) is 7.90. The Labute approximate surface area is 93.4 Å². The van der Waals surface area contributed by atoms with Crippen LogP contribution in [0.2, 0.25) is 0 Å². The van der Waals surface area contributed by atoms with Crippen LogP contribution in [-0.4, -0.2) is 25.2 Å². The van der Waals surface area contributed by atoms with Gasteiger partial charge in [-0.3, -0.25) is 0 Å². The Morgan fingerprint density at radius 3 is 3.19 bits per heavy atom. The summed E-state index contributed by atoms with van der Waals surface area (Å²) in [6, 6.07) is 1.84. The predicted octanol–water partition coefficient (Wildman–Crippen LogP) is 1.67. The van der Waals surface area contributed by atoms with Gasteiger partial charge in [-0.1, -0.05) is 0 Å². The molecule has 0 aromatic carbocycles. The molecule has 0 saturated heterocycles. The van der Waals surface area contributed by atoms with Gasteiger partial charge >= 0.3 is 0 Å². The van der Waals surface area contributed by atoms with Crippen LogP contribution < -0.4 is 5.32 Å². The lowest BCUT2D eigenvalue weighted by Gasteiger charge is -1.99. The average molecular weight is 222 g/mol. The van der Waals surface area contributed by atoms with Crippen molar-refractivity contribution >= 4 is 0 Å². The molecule has 2 aromatic heterocycles. The van der Waals surface area contributed by atoms with Crippen LogP contribution in [0.4, 0.5) is 0 Å². The van der Waals surface area contributed by atoms with Gasteiger partial charge in [0.1, 0.15) is 6.26 Å². The summed E-state index contributed by atoms with van der Waals surface area (Å²) in [5.74, 6) is 1.38. The van der Waals surface area contributed by atoms with E-state index in [1.165, 1.54) is 0 Å². The van der Waals surface area contributed by atoms with Gasteiger partial charge in [0.15, 0.2) is 5.76 Å². The zero-order chi connectivity index (χ0) is 11.2. The Morgan fingerprint density at radius 1 is 1.50 bits per heavy atom. The molecule has 0 amide bonds. The molecular formula is C11H14N2O3. The number of rotatable bonds is 6. The van der Waals surface area contributed by atoms with Gasteiger partial charge in [-0.15, -0.1) is 0 Å². The summed E-state index contributed by atoms with van der Waals surface area (Å²) in [5.41, 5.74) is 0.899. The molecule has 2 heterocycles. The number of hydrogen-bond donors (Lipinski definition) is 1. The Morgan fingerprint density at radius 2 is 2.44 bits per heavy atom. The minimum absolute atomic E-state index is 0.598. The number of nitrogens with one attached hydrogen (secondary N) is 1. The highest BCUT2D eigenvalue weighted by atomic mass is 16.5. The SMILES string of the molecule is COCCNCc1ncc(-c2ccoc2)o1. The van der Waals surface area contributed by atoms with Crippen LogP contribution in [0, 0.1) is 0 Å². The van der Waals surface area contributed by atoms with E-state index in [9.17, 15) is 0 Å². The standard InChI is InChI=1S/C11H14N2O3/c1-14-5-3-12-7-11-13-6-10(16-11)9-2-4-15-8-9/h2,4,6,8,12H,3,5,7H2,1H3. The van der Waals surface area contributed by atoms with E-state index < -0.39 is 0 Å². The highest BCUT2D eigenvalue weighted by Crippen LogP contribution is 2.20. The van der Waals surface area contributed by atoms with Gasteiger partial charge < -0.3 is 18.9 Å². The van der Waals surface area contributed by atoms with Crippen molar-refractivity contribution in [2.45, 2.75) is 6.54 Å². The summed E-state index contributed by atoms with van der Waals surface area (Å²) in [6.07, 6.45) is 4.93. The zero-order valence-electron chi connectivity index (χ0n) is 9.10. The first-order valence-corrected chi connectivity index (χ1v) is 5.07. The third-order valence-electron chi connectivity index (χ3n) is 2.12. The third kappa shape index (κ3) is 2.71. The van der Waals surface area contributed by atoms with Gasteiger partial charge in [-0.25, -0.2) is 4.98 Å². The number of furan rings is 1. The number of aromatic nitrogens is 1. The summed E-state index contributed by atoms with van der Waals surface area (Å²) in [5, 5.41) is 3.16. The van der Waals surface area contributed by atoms with Crippen LogP contribution in [0.3, 0.4) is 0 Å². The van der Waals surface area contributed by atoms with Crippen LogP contribution in [0.25, 0.3) is 11.3 Å². The number of methoxy groups -OCH3 is 1. The van der Waals surface area contributed by atoms with Crippen LogP contribution >= 0.6 is 0 Å². The minimum atomic E-state index is 0.598. The topological polar surface area (TPSA) is 60.4 Å². The van der Waals surface area contributed by atoms with Gasteiger partial charge in [0.05, 0.1) is 31.2 Å². The molecule has 0 radical (unpaired) electrons. The summed E-state index contributed by atoms with van der Waals surface area (Å²) in [6.45, 7) is 2.05. The quantitative estimate of drug-likeness (QED) is 0.753. The second-order valence-corrected chi connectivity index (χ2v) is 3.30. The van der Waals surface area contributed by atoms with E-state index in [2.05, 4.69) is 10.3 Å². The highest BCUT2D eigenvalue weighted by Gasteiger charge is 2.06. The van der Waals surface area contributed by atoms with Crippen molar-refractivity contribution < 1.29 is 13.6 Å². The molecule has 0 aliphatic rings. The summed E-state index contributed by atoms with van der Waals surface area (Å²) in [4.78, 5) is 4.16. The fourth-order valence-corrected chi connectivity index (χ4v) is 1.30. The predicted molar refractivity (Wildman–Crippen MR) is 57.8 cm³/mol. The fraction of sp³-hybridized carbons (Fsp3) is 0.364. The molecule has 1 N–H and O–H groups in total. The lowest BCUT2D eigenvalue weighted by molar-refractivity contribution is 0.198. The van der Waals surface area contributed by atoms with Crippen molar-refractivity contribution in [3.05, 3.63) is 30.7 Å². The lowest BCUT2D eigenvalue weighted by atomic mass is 10.3. The summed E-state index contributed by atoms with van der Waals surface area (Å²) in [7, 11) is 1.67. The maximum Gasteiger partial charge on any atom is 0.208 e. The maximum atomic E-state index is 5.53. The van der Waals surface area contributed by atoms with Crippen molar-refractivity contribution in [1.29, 1.82) is 0 Å². The molecule has 2 aromatic rings. The van der Waals surface area contributed by atoms with Crippen molar-refractivity contribution in [2.24, 2.45) is 0 Å². The molecule has 0 unspecified atom stereocenters. The normalized spacial score (nSPS) is 10.8. The Balaban J connectivity index is 1.88. The second-order valence-electron chi connectivity index (χ2n) is 3.30. The van der Waals surface area contributed by atoms with E-state index in [0.29, 0.717) is 19.0 Å². The van der Waals surface area contributed by atoms with Crippen LogP contribution in [-0.2, 0) is 11.3 Å². The van der Waals surface area contributed by atoms with Crippen molar-refractivity contribution in [2.75, 3.05) is 20.3 Å². The summed E-state index contributed by atoms with van der Waals surface area (Å²) >= 11 is 0. The van der Waals surface area contributed by atoms with Crippen LogP contribution in [0.15, 0.2) is 33.6 Å². The smallest absolute Gasteiger partial charge is 0.208 e. The molecule has 0 aliphatic carbocycles. The average Bonchev–Trinajstić information content (AvgIpc) is 2.94. The zero-order valence-corrected chi connectivity index (χ0v) is 9.10. The molecule has 16 heavy (non-hydrogen) atoms. The maximum absolute atomic E-state index is 5.53. The van der Waals surface area contributed by atoms with E-state index in [1.807, 2.05) is 6.07 Å². The molecule has 86 valence electrons. The lowest BCUT2D eigenvalue weighted by Crippen LogP contribution is -2.18. The van der Waals surface area contributed by atoms with Crippen LogP contribution in [0.1, 0.15) is 5.89 Å². The minimum Gasteiger partial charge on any atom is -0.472 e. The Kier molecular flexibility index (Phi) is 3.74. The van der Waals surface area contributed by atoms with E-state index in [4.69, 9.17) is 13.6 Å². The fourth-order valence-electron chi connectivity index (χ4n) is 1.30.